The summed E-state index contributed by atoms with van der Waals surface area (Å²) in [6.07, 6.45) is -1.14. The van der Waals surface area contributed by atoms with Gasteiger partial charge < -0.3 is 10.1 Å². The van der Waals surface area contributed by atoms with Crippen molar-refractivity contribution in [1.82, 2.24) is 4.98 Å². The first-order chi connectivity index (χ1) is 13.6. The van der Waals surface area contributed by atoms with E-state index in [1.54, 1.807) is 0 Å². The van der Waals surface area contributed by atoms with E-state index in [2.05, 4.69) is 9.71 Å². The van der Waals surface area contributed by atoms with Crippen molar-refractivity contribution >= 4 is 37.8 Å². The van der Waals surface area contributed by atoms with Crippen LogP contribution in [0.2, 0.25) is 0 Å². The molecule has 0 radical (unpaired) electrons. The largest absolute Gasteiger partial charge is 0.387 e. The Kier molecular flexibility index (Phi) is 4.71. The molecule has 1 aromatic carbocycles. The van der Waals surface area contributed by atoms with Crippen LogP contribution in [-0.4, -0.2) is 30.5 Å². The molecular formula is C18H15F3N2O4S2. The van der Waals surface area contributed by atoms with Crippen molar-refractivity contribution in [3.05, 3.63) is 57.6 Å². The average Bonchev–Trinajstić information content (AvgIpc) is 3.22. The molecule has 3 aromatic rings. The van der Waals surface area contributed by atoms with Crippen LogP contribution in [0.25, 0.3) is 10.8 Å². The van der Waals surface area contributed by atoms with Crippen LogP contribution in [0.15, 0.2) is 45.5 Å². The Hall–Kier alpha value is -2.37. The number of rotatable bonds is 4. The van der Waals surface area contributed by atoms with Crippen LogP contribution in [-0.2, 0) is 10.0 Å². The van der Waals surface area contributed by atoms with E-state index in [1.165, 1.54) is 24.4 Å². The lowest BCUT2D eigenvalue weighted by atomic mass is 10.1. The Balaban J connectivity index is 1.63. The number of halogens is 3. The normalized spacial score (nSPS) is 21.5. The van der Waals surface area contributed by atoms with Crippen LogP contribution in [0.3, 0.4) is 0 Å². The summed E-state index contributed by atoms with van der Waals surface area (Å²) in [5, 5.41) is 9.87. The summed E-state index contributed by atoms with van der Waals surface area (Å²) < 4.78 is 68.7. The number of aliphatic hydroxyl groups excluding tert-OH is 1. The smallest absolute Gasteiger partial charge is 0.274 e. The number of H-pyrrole nitrogens is 1. The van der Waals surface area contributed by atoms with Crippen LogP contribution >= 0.6 is 11.3 Å². The van der Waals surface area contributed by atoms with E-state index >= 15 is 0 Å². The fourth-order valence-corrected chi connectivity index (χ4v) is 5.88. The molecule has 2 heterocycles. The summed E-state index contributed by atoms with van der Waals surface area (Å²) in [6, 6.07) is 6.29. The molecule has 1 saturated carbocycles. The number of hydrogen-bond acceptors (Lipinski definition) is 5. The topological polar surface area (TPSA) is 99.3 Å². The maximum Gasteiger partial charge on any atom is 0.274 e. The quantitative estimate of drug-likeness (QED) is 0.574. The van der Waals surface area contributed by atoms with E-state index < -0.39 is 51.5 Å². The number of hydrogen-bond donors (Lipinski definition) is 3. The Morgan fingerprint density at radius 3 is 2.69 bits per heavy atom. The number of aromatic nitrogens is 1. The number of anilines is 1. The number of pyridine rings is 1. The number of fused-ring (bicyclic) bond motifs is 1. The number of nitrogens with one attached hydrogen (secondary N) is 2. The molecular weight excluding hydrogens is 429 g/mol. The average molecular weight is 444 g/mol. The second-order valence-corrected chi connectivity index (χ2v) is 9.93. The molecule has 2 aromatic heterocycles. The van der Waals surface area contributed by atoms with Crippen molar-refractivity contribution in [3.8, 4) is 0 Å². The lowest BCUT2D eigenvalue weighted by Crippen LogP contribution is -2.26. The number of sulfonamides is 1. The van der Waals surface area contributed by atoms with Crippen molar-refractivity contribution in [2.24, 2.45) is 0 Å². The molecule has 11 heteroatoms. The maximum atomic E-state index is 14.3. The van der Waals surface area contributed by atoms with Crippen LogP contribution in [0.5, 0.6) is 0 Å². The summed E-state index contributed by atoms with van der Waals surface area (Å²) in [5.41, 5.74) is -0.894. The zero-order chi connectivity index (χ0) is 21.0. The molecule has 29 heavy (non-hydrogen) atoms. The third-order valence-electron chi connectivity index (χ3n) is 4.89. The molecule has 0 bridgehead atoms. The SMILES string of the molecule is O=c1[nH]ccc2cc(F)c(NS(=O)(=O)c3ccc(C4CC(O)C(F)(F)C4)s3)cc12. The Morgan fingerprint density at radius 1 is 1.24 bits per heavy atom. The van der Waals surface area contributed by atoms with Gasteiger partial charge in [0.25, 0.3) is 21.5 Å². The standard InChI is InChI=1S/C18H15F3N2O4S2/c19-12-5-9-3-4-22-17(25)11(9)7-13(12)23-29(26,27)16-2-1-14(28-16)10-6-15(24)18(20,21)8-10/h1-5,7,10,15,23-24H,6,8H2,(H,22,25). The predicted octanol–water partition coefficient (Wildman–Crippen LogP) is 3.40. The zero-order valence-corrected chi connectivity index (χ0v) is 16.3. The van der Waals surface area contributed by atoms with Gasteiger partial charge in [0.1, 0.15) is 16.1 Å². The van der Waals surface area contributed by atoms with Gasteiger partial charge in [-0.1, -0.05) is 0 Å². The molecule has 0 spiro atoms. The predicted molar refractivity (Wildman–Crippen MR) is 103 cm³/mol. The Labute approximate surface area is 167 Å². The minimum Gasteiger partial charge on any atom is -0.387 e. The highest BCUT2D eigenvalue weighted by molar-refractivity contribution is 7.94. The lowest BCUT2D eigenvalue weighted by molar-refractivity contribution is -0.0854. The highest BCUT2D eigenvalue weighted by atomic mass is 32.2. The van der Waals surface area contributed by atoms with Crippen LogP contribution in [0, 0.1) is 5.82 Å². The van der Waals surface area contributed by atoms with Crippen LogP contribution in [0.4, 0.5) is 18.9 Å². The number of benzene rings is 1. The van der Waals surface area contributed by atoms with Crippen molar-refractivity contribution in [2.45, 2.75) is 35.0 Å². The van der Waals surface area contributed by atoms with E-state index in [0.29, 0.717) is 10.3 Å². The second kappa shape index (κ2) is 6.85. The zero-order valence-electron chi connectivity index (χ0n) is 14.7. The molecule has 6 nitrogen and oxygen atoms in total. The number of alkyl halides is 2. The molecule has 1 aliphatic carbocycles. The molecule has 0 aliphatic heterocycles. The Bertz CT molecular complexity index is 1250. The molecule has 2 atom stereocenters. The summed E-state index contributed by atoms with van der Waals surface area (Å²) in [5.74, 6) is -4.74. The molecule has 0 amide bonds. The molecule has 154 valence electrons. The van der Waals surface area contributed by atoms with Gasteiger partial charge in [0, 0.05) is 28.8 Å². The molecule has 0 saturated heterocycles. The van der Waals surface area contributed by atoms with E-state index in [-0.39, 0.29) is 16.0 Å². The fraction of sp³-hybridized carbons (Fsp3) is 0.278. The summed E-state index contributed by atoms with van der Waals surface area (Å²) in [6.45, 7) is 0. The molecule has 3 N–H and O–H groups in total. The van der Waals surface area contributed by atoms with Crippen LogP contribution in [0.1, 0.15) is 23.6 Å². The fourth-order valence-electron chi connectivity index (χ4n) is 3.39. The first kappa shape index (κ1) is 19.9. The third kappa shape index (κ3) is 3.65. The monoisotopic (exact) mass is 444 g/mol. The van der Waals surface area contributed by atoms with E-state index in [1.807, 2.05) is 0 Å². The van der Waals surface area contributed by atoms with Crippen molar-refractivity contribution < 1.29 is 26.7 Å². The molecule has 4 rings (SSSR count). The van der Waals surface area contributed by atoms with E-state index in [9.17, 15) is 31.5 Å². The van der Waals surface area contributed by atoms with Gasteiger partial charge in [0.15, 0.2) is 0 Å². The second-order valence-electron chi connectivity index (χ2n) is 6.90. The minimum atomic E-state index is -4.20. The first-order valence-corrected chi connectivity index (χ1v) is 10.9. The van der Waals surface area contributed by atoms with Gasteiger partial charge in [0.05, 0.1) is 5.69 Å². The van der Waals surface area contributed by atoms with Gasteiger partial charge in [-0.25, -0.2) is 21.6 Å². The Morgan fingerprint density at radius 2 is 2.00 bits per heavy atom. The minimum absolute atomic E-state index is 0.112. The van der Waals surface area contributed by atoms with Crippen molar-refractivity contribution in [2.75, 3.05) is 4.72 Å². The molecule has 1 fully saturated rings. The van der Waals surface area contributed by atoms with E-state index in [4.69, 9.17) is 0 Å². The molecule has 1 aliphatic rings. The number of thiophene rings is 1. The van der Waals surface area contributed by atoms with Crippen LogP contribution < -0.4 is 10.3 Å². The maximum absolute atomic E-state index is 14.3. The summed E-state index contributed by atoms with van der Waals surface area (Å²) in [7, 11) is -4.20. The van der Waals surface area contributed by atoms with Gasteiger partial charge >= 0.3 is 0 Å². The third-order valence-corrected chi connectivity index (χ3v) is 7.99. The molecule has 2 unspecified atom stereocenters. The van der Waals surface area contributed by atoms with Crippen molar-refractivity contribution in [3.63, 3.8) is 0 Å². The summed E-state index contributed by atoms with van der Waals surface area (Å²) in [4.78, 5) is 14.7. The number of aliphatic hydroxyl groups is 1. The van der Waals surface area contributed by atoms with Gasteiger partial charge in [0.2, 0.25) is 0 Å². The first-order valence-electron chi connectivity index (χ1n) is 8.56. The number of aromatic amines is 1. The highest BCUT2D eigenvalue weighted by Crippen LogP contribution is 2.46. The van der Waals surface area contributed by atoms with Gasteiger partial charge in [-0.3, -0.25) is 9.52 Å². The summed E-state index contributed by atoms with van der Waals surface area (Å²) >= 11 is 0.786. The van der Waals surface area contributed by atoms with Crippen molar-refractivity contribution in [1.29, 1.82) is 0 Å². The van der Waals surface area contributed by atoms with Gasteiger partial charge in [-0.2, -0.15) is 0 Å². The lowest BCUT2D eigenvalue weighted by Gasteiger charge is -2.11. The van der Waals surface area contributed by atoms with E-state index in [0.717, 1.165) is 23.5 Å². The van der Waals surface area contributed by atoms with Gasteiger partial charge in [-0.05, 0) is 42.1 Å². The van der Waals surface area contributed by atoms with Gasteiger partial charge in [-0.15, -0.1) is 11.3 Å². The highest BCUT2D eigenvalue weighted by Gasteiger charge is 2.48.